The summed E-state index contributed by atoms with van der Waals surface area (Å²) >= 11 is 6.60. The fourth-order valence-corrected chi connectivity index (χ4v) is 4.43. The Morgan fingerprint density at radius 1 is 1.53 bits per heavy atom. The van der Waals surface area contributed by atoms with Gasteiger partial charge in [0.25, 0.3) is 10.0 Å². The maximum absolute atomic E-state index is 12.2. The van der Waals surface area contributed by atoms with Crippen LogP contribution in [0.15, 0.2) is 4.21 Å². The maximum Gasteiger partial charge on any atom is 0.307 e. The normalized spacial score (nSPS) is 11.8. The molecule has 0 aliphatic rings. The van der Waals surface area contributed by atoms with Crippen molar-refractivity contribution in [2.45, 2.75) is 24.5 Å². The summed E-state index contributed by atoms with van der Waals surface area (Å²) < 4.78 is 30.6. The molecule has 9 heteroatoms. The Morgan fingerprint density at radius 2 is 2.16 bits per heavy atom. The predicted octanol–water partition coefficient (Wildman–Crippen LogP) is 1.68. The summed E-state index contributed by atoms with van der Waals surface area (Å²) in [6.07, 6.45) is 0.00908. The van der Waals surface area contributed by atoms with E-state index in [-0.39, 0.29) is 28.2 Å². The third-order valence-electron chi connectivity index (χ3n) is 2.31. The van der Waals surface area contributed by atoms with E-state index < -0.39 is 16.0 Å². The predicted molar refractivity (Wildman–Crippen MR) is 72.9 cm³/mol. The summed E-state index contributed by atoms with van der Waals surface area (Å²) in [6, 6.07) is 0. The highest BCUT2D eigenvalue weighted by molar-refractivity contribution is 7.91. The zero-order chi connectivity index (χ0) is 14.6. The largest absolute Gasteiger partial charge is 0.466 e. The fourth-order valence-electron chi connectivity index (χ4n) is 1.33. The van der Waals surface area contributed by atoms with Gasteiger partial charge in [-0.05, 0) is 13.8 Å². The van der Waals surface area contributed by atoms with Gasteiger partial charge < -0.3 is 4.74 Å². The van der Waals surface area contributed by atoms with E-state index in [4.69, 9.17) is 16.3 Å². The van der Waals surface area contributed by atoms with Crippen molar-refractivity contribution in [3.63, 3.8) is 0 Å². The van der Waals surface area contributed by atoms with Crippen molar-refractivity contribution in [1.29, 1.82) is 0 Å². The quantitative estimate of drug-likeness (QED) is 0.743. The first-order chi connectivity index (χ1) is 8.78. The van der Waals surface area contributed by atoms with Crippen LogP contribution in [0.25, 0.3) is 0 Å². The second-order valence-electron chi connectivity index (χ2n) is 3.72. The molecule has 0 N–H and O–H groups in total. The van der Waals surface area contributed by atoms with E-state index >= 15 is 0 Å². The monoisotopic (exact) mass is 326 g/mol. The van der Waals surface area contributed by atoms with Crippen molar-refractivity contribution in [1.82, 2.24) is 9.29 Å². The fraction of sp³-hybridized carbons (Fsp3) is 0.600. The molecule has 1 aromatic heterocycles. The van der Waals surface area contributed by atoms with E-state index in [1.54, 1.807) is 13.8 Å². The highest BCUT2D eigenvalue weighted by Crippen LogP contribution is 2.28. The molecule has 0 radical (unpaired) electrons. The number of hydrogen-bond acceptors (Lipinski definition) is 6. The lowest BCUT2D eigenvalue weighted by molar-refractivity contribution is -0.143. The molecule has 19 heavy (non-hydrogen) atoms. The van der Waals surface area contributed by atoms with Crippen LogP contribution in [0.2, 0.25) is 4.47 Å². The summed E-state index contributed by atoms with van der Waals surface area (Å²) in [5.74, 6) is -0.427. The van der Waals surface area contributed by atoms with Crippen LogP contribution in [0.4, 0.5) is 0 Å². The van der Waals surface area contributed by atoms with E-state index in [1.807, 2.05) is 0 Å². The molecule has 0 bridgehead atoms. The minimum Gasteiger partial charge on any atom is -0.466 e. The van der Waals surface area contributed by atoms with E-state index in [0.717, 1.165) is 15.6 Å². The first kappa shape index (κ1) is 16.4. The number of carbonyl (C=O) groups is 1. The molecular weight excluding hydrogens is 312 g/mol. The standard InChI is InChI=1S/C10H15ClN2O4S2/c1-4-17-8(14)5-6-13(3)19(15,16)9-7(2)12-10(11)18-9/h4-6H2,1-3H3. The van der Waals surface area contributed by atoms with Crippen LogP contribution in [-0.4, -0.2) is 43.9 Å². The zero-order valence-corrected chi connectivity index (χ0v) is 13.2. The van der Waals surface area contributed by atoms with Gasteiger partial charge in [-0.25, -0.2) is 13.4 Å². The number of esters is 1. The van der Waals surface area contributed by atoms with Gasteiger partial charge in [0.15, 0.2) is 8.68 Å². The summed E-state index contributed by atoms with van der Waals surface area (Å²) in [7, 11) is -2.26. The van der Waals surface area contributed by atoms with Gasteiger partial charge in [-0.3, -0.25) is 4.79 Å². The number of ether oxygens (including phenoxy) is 1. The van der Waals surface area contributed by atoms with Gasteiger partial charge in [-0.2, -0.15) is 4.31 Å². The van der Waals surface area contributed by atoms with Crippen molar-refractivity contribution in [2.75, 3.05) is 20.2 Å². The SMILES string of the molecule is CCOC(=O)CCN(C)S(=O)(=O)c1sc(Cl)nc1C. The molecule has 0 fully saturated rings. The molecular formula is C10H15ClN2O4S2. The number of aryl methyl sites for hydroxylation is 1. The lowest BCUT2D eigenvalue weighted by atomic mass is 10.4. The molecule has 1 heterocycles. The first-order valence-electron chi connectivity index (χ1n) is 5.54. The van der Waals surface area contributed by atoms with Crippen LogP contribution in [0.3, 0.4) is 0 Å². The van der Waals surface area contributed by atoms with Crippen LogP contribution >= 0.6 is 22.9 Å². The Kier molecular flexibility index (Phi) is 5.72. The number of thiazole rings is 1. The Balaban J connectivity index is 2.78. The molecule has 1 aromatic rings. The topological polar surface area (TPSA) is 76.6 Å². The first-order valence-corrected chi connectivity index (χ1v) is 8.17. The number of nitrogens with zero attached hydrogens (tertiary/aromatic N) is 2. The lowest BCUT2D eigenvalue weighted by Gasteiger charge is -2.15. The van der Waals surface area contributed by atoms with Crippen LogP contribution in [0, 0.1) is 6.92 Å². The van der Waals surface area contributed by atoms with E-state index in [9.17, 15) is 13.2 Å². The molecule has 0 saturated heterocycles. The third-order valence-corrected chi connectivity index (χ3v) is 6.01. The van der Waals surface area contributed by atoms with Crippen LogP contribution < -0.4 is 0 Å². The Labute approximate surface area is 121 Å². The number of rotatable bonds is 6. The Morgan fingerprint density at radius 3 is 2.63 bits per heavy atom. The van der Waals surface area contributed by atoms with E-state index in [0.29, 0.717) is 5.69 Å². The smallest absolute Gasteiger partial charge is 0.307 e. The Bertz CT molecular complexity index is 556. The summed E-state index contributed by atoms with van der Waals surface area (Å²) in [4.78, 5) is 15.1. The van der Waals surface area contributed by atoms with Crippen molar-refractivity contribution < 1.29 is 17.9 Å². The molecule has 0 amide bonds. The van der Waals surface area contributed by atoms with E-state index in [2.05, 4.69) is 4.98 Å². The average Bonchev–Trinajstić information content (AvgIpc) is 2.66. The number of carbonyl (C=O) groups excluding carboxylic acids is 1. The van der Waals surface area contributed by atoms with Crippen molar-refractivity contribution in [2.24, 2.45) is 0 Å². The Hall–Kier alpha value is -0.700. The van der Waals surface area contributed by atoms with Gasteiger partial charge in [-0.1, -0.05) is 22.9 Å². The molecule has 6 nitrogen and oxygen atoms in total. The summed E-state index contributed by atoms with van der Waals surface area (Å²) in [5.41, 5.74) is 0.359. The second-order valence-corrected chi connectivity index (χ2v) is 7.54. The van der Waals surface area contributed by atoms with Crippen LogP contribution in [0.5, 0.6) is 0 Å². The van der Waals surface area contributed by atoms with Crippen LogP contribution in [-0.2, 0) is 19.6 Å². The molecule has 108 valence electrons. The minimum atomic E-state index is -3.66. The van der Waals surface area contributed by atoms with Gasteiger partial charge in [-0.15, -0.1) is 0 Å². The molecule has 0 unspecified atom stereocenters. The summed E-state index contributed by atoms with van der Waals surface area (Å²) in [5, 5.41) is 0. The molecule has 0 aliphatic heterocycles. The molecule has 0 aliphatic carbocycles. The van der Waals surface area contributed by atoms with Crippen LogP contribution in [0.1, 0.15) is 19.0 Å². The average molecular weight is 327 g/mol. The molecule has 0 aromatic carbocycles. The highest BCUT2D eigenvalue weighted by Gasteiger charge is 2.26. The minimum absolute atomic E-state index is 0.00908. The van der Waals surface area contributed by atoms with Crippen molar-refractivity contribution >= 4 is 38.9 Å². The van der Waals surface area contributed by atoms with E-state index in [1.165, 1.54) is 7.05 Å². The molecule has 0 spiro atoms. The number of halogens is 1. The number of sulfonamides is 1. The van der Waals surface area contributed by atoms with Gasteiger partial charge in [0.2, 0.25) is 0 Å². The zero-order valence-electron chi connectivity index (χ0n) is 10.8. The van der Waals surface area contributed by atoms with Crippen molar-refractivity contribution in [3.8, 4) is 0 Å². The third kappa shape index (κ3) is 4.13. The lowest BCUT2D eigenvalue weighted by Crippen LogP contribution is -2.29. The summed E-state index contributed by atoms with van der Waals surface area (Å²) in [6.45, 7) is 3.60. The van der Waals surface area contributed by atoms with Gasteiger partial charge in [0, 0.05) is 13.6 Å². The van der Waals surface area contributed by atoms with Crippen molar-refractivity contribution in [3.05, 3.63) is 10.2 Å². The second kappa shape index (κ2) is 6.65. The number of aromatic nitrogens is 1. The number of hydrogen-bond donors (Lipinski definition) is 0. The molecule has 0 atom stereocenters. The molecule has 0 saturated carbocycles. The maximum atomic E-state index is 12.2. The van der Waals surface area contributed by atoms with Gasteiger partial charge >= 0.3 is 5.97 Å². The van der Waals surface area contributed by atoms with Gasteiger partial charge in [0.05, 0.1) is 18.7 Å². The highest BCUT2D eigenvalue weighted by atomic mass is 35.5. The molecule has 1 rings (SSSR count). The van der Waals surface area contributed by atoms with Gasteiger partial charge in [0.1, 0.15) is 0 Å².